The molecular weight excluding hydrogens is 264 g/mol. The molecule has 2 aromatic rings. The summed E-state index contributed by atoms with van der Waals surface area (Å²) in [6.45, 7) is 3.50. The Morgan fingerprint density at radius 2 is 2.00 bits per heavy atom. The van der Waals surface area contributed by atoms with Crippen LogP contribution in [-0.2, 0) is 0 Å². The molecule has 0 aliphatic heterocycles. The Morgan fingerprint density at radius 1 is 1.26 bits per heavy atom. The number of aryl methyl sites for hydroxylation is 2. The van der Waals surface area contributed by atoms with Crippen LogP contribution in [-0.4, -0.2) is 16.0 Å². The minimum Gasteiger partial charge on any atom is -0.508 e. The number of amides is 1. The number of nitrogens with zero attached hydrogens (tertiary/aromatic N) is 1. The molecule has 1 aromatic heterocycles. The summed E-state index contributed by atoms with van der Waals surface area (Å²) in [4.78, 5) is 16.1. The number of nitrogens with one attached hydrogen (secondary N) is 1. The Morgan fingerprint density at radius 3 is 2.63 bits per heavy atom. The van der Waals surface area contributed by atoms with Crippen LogP contribution in [0.4, 0.5) is 5.69 Å². The van der Waals surface area contributed by atoms with Gasteiger partial charge in [-0.05, 0) is 49.7 Å². The van der Waals surface area contributed by atoms with Crippen molar-refractivity contribution in [1.82, 2.24) is 4.98 Å². The smallest absolute Gasteiger partial charge is 0.255 e. The lowest BCUT2D eigenvalue weighted by Gasteiger charge is -2.09. The van der Waals surface area contributed by atoms with E-state index in [1.165, 1.54) is 6.07 Å². The summed E-state index contributed by atoms with van der Waals surface area (Å²) in [7, 11) is 0. The summed E-state index contributed by atoms with van der Waals surface area (Å²) < 4.78 is 0. The van der Waals surface area contributed by atoms with Crippen molar-refractivity contribution in [1.29, 1.82) is 0 Å². The van der Waals surface area contributed by atoms with Crippen molar-refractivity contribution in [2.45, 2.75) is 13.8 Å². The summed E-state index contributed by atoms with van der Waals surface area (Å²) in [6.07, 6.45) is 0. The number of phenols is 1. The van der Waals surface area contributed by atoms with Gasteiger partial charge in [-0.25, -0.2) is 4.98 Å². The lowest BCUT2D eigenvalue weighted by molar-refractivity contribution is 0.102. The third kappa shape index (κ3) is 3.03. The van der Waals surface area contributed by atoms with Gasteiger partial charge in [0.05, 0.1) is 11.4 Å². The van der Waals surface area contributed by atoms with Crippen LogP contribution in [0.15, 0.2) is 30.3 Å². The van der Waals surface area contributed by atoms with E-state index in [9.17, 15) is 9.90 Å². The second-order valence-corrected chi connectivity index (χ2v) is 4.61. The van der Waals surface area contributed by atoms with Crippen molar-refractivity contribution in [3.63, 3.8) is 0 Å². The van der Waals surface area contributed by atoms with Gasteiger partial charge >= 0.3 is 0 Å². The predicted molar refractivity (Wildman–Crippen MR) is 74.8 cm³/mol. The van der Waals surface area contributed by atoms with Crippen molar-refractivity contribution >= 4 is 23.2 Å². The fourth-order valence-corrected chi connectivity index (χ4v) is 1.84. The number of aromatic hydroxyl groups is 1. The van der Waals surface area contributed by atoms with Gasteiger partial charge < -0.3 is 10.4 Å². The number of phenolic OH excluding ortho intramolecular Hbond substituents is 1. The first-order valence-corrected chi connectivity index (χ1v) is 6.09. The van der Waals surface area contributed by atoms with E-state index in [0.717, 1.165) is 0 Å². The zero-order valence-corrected chi connectivity index (χ0v) is 11.3. The van der Waals surface area contributed by atoms with Crippen LogP contribution in [0.5, 0.6) is 5.75 Å². The zero-order chi connectivity index (χ0) is 14.0. The van der Waals surface area contributed by atoms with Crippen molar-refractivity contribution in [2.75, 3.05) is 5.32 Å². The molecule has 4 nitrogen and oxygen atoms in total. The highest BCUT2D eigenvalue weighted by molar-refractivity contribution is 6.29. The Hall–Kier alpha value is -2.07. The molecule has 1 amide bonds. The van der Waals surface area contributed by atoms with E-state index in [4.69, 9.17) is 11.6 Å². The van der Waals surface area contributed by atoms with Gasteiger partial charge in [0.25, 0.3) is 5.91 Å². The Kier molecular flexibility index (Phi) is 3.71. The number of hydrogen-bond acceptors (Lipinski definition) is 3. The average molecular weight is 277 g/mol. The van der Waals surface area contributed by atoms with E-state index in [0.29, 0.717) is 27.7 Å². The van der Waals surface area contributed by atoms with Gasteiger partial charge in [-0.15, -0.1) is 0 Å². The molecule has 1 heterocycles. The van der Waals surface area contributed by atoms with E-state index < -0.39 is 0 Å². The van der Waals surface area contributed by atoms with Crippen molar-refractivity contribution in [3.05, 3.63) is 52.3 Å². The van der Waals surface area contributed by atoms with Crippen LogP contribution in [0, 0.1) is 13.8 Å². The summed E-state index contributed by atoms with van der Waals surface area (Å²) >= 11 is 5.76. The Bertz CT molecular complexity index is 641. The molecule has 0 saturated carbocycles. The van der Waals surface area contributed by atoms with Gasteiger partial charge in [0.2, 0.25) is 0 Å². The number of halogens is 1. The first-order chi connectivity index (χ1) is 8.97. The van der Waals surface area contributed by atoms with Crippen molar-refractivity contribution in [2.24, 2.45) is 0 Å². The van der Waals surface area contributed by atoms with E-state index in [1.54, 1.807) is 38.1 Å². The number of carbonyl (C=O) groups is 1. The number of hydrogen-bond donors (Lipinski definition) is 2. The highest BCUT2D eigenvalue weighted by atomic mass is 35.5. The number of rotatable bonds is 2. The number of carbonyl (C=O) groups excluding carboxylic acids is 1. The molecule has 1 aromatic carbocycles. The maximum Gasteiger partial charge on any atom is 0.255 e. The van der Waals surface area contributed by atoms with E-state index >= 15 is 0 Å². The lowest BCUT2D eigenvalue weighted by atomic mass is 10.1. The molecule has 0 bridgehead atoms. The number of anilines is 1. The van der Waals surface area contributed by atoms with Gasteiger partial charge in [0.15, 0.2) is 0 Å². The highest BCUT2D eigenvalue weighted by Crippen LogP contribution is 2.20. The Labute approximate surface area is 116 Å². The summed E-state index contributed by atoms with van der Waals surface area (Å²) in [5, 5.41) is 12.6. The standard InChI is InChI=1S/C14H13ClN2O2/c1-8-7-10(3-5-12(8)18)14(19)17-11-4-6-13(15)16-9(11)2/h3-7,18H,1-2H3,(H,17,19). The summed E-state index contributed by atoms with van der Waals surface area (Å²) in [5.41, 5.74) is 2.39. The molecule has 19 heavy (non-hydrogen) atoms. The monoisotopic (exact) mass is 276 g/mol. The number of aromatic nitrogens is 1. The minimum absolute atomic E-state index is 0.167. The molecule has 0 saturated heterocycles. The number of pyridine rings is 1. The second kappa shape index (κ2) is 5.28. The topological polar surface area (TPSA) is 62.2 Å². The maximum atomic E-state index is 12.1. The molecular formula is C14H13ClN2O2. The fraction of sp³-hybridized carbons (Fsp3) is 0.143. The molecule has 0 spiro atoms. The van der Waals surface area contributed by atoms with Crippen LogP contribution >= 0.6 is 11.6 Å². The van der Waals surface area contributed by atoms with Crippen molar-refractivity contribution in [3.8, 4) is 5.75 Å². The molecule has 2 rings (SSSR count). The van der Waals surface area contributed by atoms with Gasteiger partial charge in [0.1, 0.15) is 10.9 Å². The highest BCUT2D eigenvalue weighted by Gasteiger charge is 2.10. The first-order valence-electron chi connectivity index (χ1n) is 5.71. The van der Waals surface area contributed by atoms with Crippen LogP contribution < -0.4 is 5.32 Å². The molecule has 5 heteroatoms. The summed E-state index contributed by atoms with van der Waals surface area (Å²) in [6, 6.07) is 8.01. The molecule has 0 fully saturated rings. The Balaban J connectivity index is 2.23. The van der Waals surface area contributed by atoms with Crippen LogP contribution in [0.25, 0.3) is 0 Å². The minimum atomic E-state index is -0.254. The van der Waals surface area contributed by atoms with Gasteiger partial charge in [-0.2, -0.15) is 0 Å². The lowest BCUT2D eigenvalue weighted by Crippen LogP contribution is -2.13. The van der Waals surface area contributed by atoms with Gasteiger partial charge in [-0.3, -0.25) is 4.79 Å². The summed E-state index contributed by atoms with van der Waals surface area (Å²) in [5.74, 6) is -0.0868. The molecule has 0 aliphatic rings. The quantitative estimate of drug-likeness (QED) is 0.827. The van der Waals surface area contributed by atoms with E-state index in [1.807, 2.05) is 0 Å². The molecule has 0 atom stereocenters. The largest absolute Gasteiger partial charge is 0.508 e. The molecule has 0 unspecified atom stereocenters. The third-order valence-corrected chi connectivity index (χ3v) is 2.97. The average Bonchev–Trinajstić information content (AvgIpc) is 2.36. The maximum absolute atomic E-state index is 12.1. The third-order valence-electron chi connectivity index (χ3n) is 2.76. The van der Waals surface area contributed by atoms with E-state index in [2.05, 4.69) is 10.3 Å². The molecule has 2 N–H and O–H groups in total. The molecule has 0 radical (unpaired) electrons. The normalized spacial score (nSPS) is 10.3. The van der Waals surface area contributed by atoms with Crippen LogP contribution in [0.1, 0.15) is 21.6 Å². The SMILES string of the molecule is Cc1cc(C(=O)Nc2ccc(Cl)nc2C)ccc1O. The molecule has 0 aliphatic carbocycles. The zero-order valence-electron chi connectivity index (χ0n) is 10.6. The second-order valence-electron chi connectivity index (χ2n) is 4.22. The van der Waals surface area contributed by atoms with Gasteiger partial charge in [0, 0.05) is 5.56 Å². The number of benzene rings is 1. The van der Waals surface area contributed by atoms with Crippen LogP contribution in [0.3, 0.4) is 0 Å². The molecule has 98 valence electrons. The van der Waals surface area contributed by atoms with Crippen LogP contribution in [0.2, 0.25) is 5.15 Å². The first kappa shape index (κ1) is 13.4. The van der Waals surface area contributed by atoms with Crippen molar-refractivity contribution < 1.29 is 9.90 Å². The van der Waals surface area contributed by atoms with E-state index in [-0.39, 0.29) is 11.7 Å². The predicted octanol–water partition coefficient (Wildman–Crippen LogP) is 3.31. The van der Waals surface area contributed by atoms with Gasteiger partial charge in [-0.1, -0.05) is 11.6 Å². The fourth-order valence-electron chi connectivity index (χ4n) is 1.65.